The molecule has 0 spiro atoms. The van der Waals surface area contributed by atoms with Crippen molar-refractivity contribution in [2.24, 2.45) is 0 Å². The standard InChI is InChI=1S/C17H17ClFNO/c1-11(13-5-4-6-14(18)9-13)20(3)17-8-7-15(19)10-16(17)12(2)21/h4-11H,1-3H3. The van der Waals surface area contributed by atoms with Gasteiger partial charge >= 0.3 is 0 Å². The fraction of sp³-hybridized carbons (Fsp3) is 0.235. The van der Waals surface area contributed by atoms with Crippen LogP contribution in [-0.2, 0) is 0 Å². The number of carbonyl (C=O) groups excluding carboxylic acids is 1. The average molecular weight is 306 g/mol. The smallest absolute Gasteiger partial charge is 0.161 e. The number of hydrogen-bond acceptors (Lipinski definition) is 2. The summed E-state index contributed by atoms with van der Waals surface area (Å²) in [5.41, 5.74) is 2.12. The minimum Gasteiger partial charge on any atom is -0.367 e. The van der Waals surface area contributed by atoms with Gasteiger partial charge in [0.25, 0.3) is 0 Å². The summed E-state index contributed by atoms with van der Waals surface area (Å²) < 4.78 is 13.4. The second-order valence-corrected chi connectivity index (χ2v) is 5.50. The van der Waals surface area contributed by atoms with Crippen LogP contribution < -0.4 is 4.90 Å². The van der Waals surface area contributed by atoms with Gasteiger partial charge in [-0.05, 0) is 49.7 Å². The topological polar surface area (TPSA) is 20.3 Å². The number of rotatable bonds is 4. The van der Waals surface area contributed by atoms with E-state index in [1.165, 1.54) is 19.1 Å². The van der Waals surface area contributed by atoms with Gasteiger partial charge in [-0.1, -0.05) is 23.7 Å². The number of anilines is 1. The van der Waals surface area contributed by atoms with Crippen LogP contribution in [0.3, 0.4) is 0 Å². The molecule has 2 rings (SSSR count). The molecule has 4 heteroatoms. The van der Waals surface area contributed by atoms with Crippen molar-refractivity contribution in [1.29, 1.82) is 0 Å². The third-order valence-electron chi connectivity index (χ3n) is 3.63. The van der Waals surface area contributed by atoms with Gasteiger partial charge in [-0.3, -0.25) is 4.79 Å². The Balaban J connectivity index is 2.40. The van der Waals surface area contributed by atoms with Crippen LogP contribution >= 0.6 is 11.6 Å². The summed E-state index contributed by atoms with van der Waals surface area (Å²) in [6.45, 7) is 3.45. The second kappa shape index (κ2) is 6.27. The van der Waals surface area contributed by atoms with Crippen LogP contribution in [0, 0.1) is 5.82 Å². The molecule has 0 aliphatic heterocycles. The highest BCUT2D eigenvalue weighted by molar-refractivity contribution is 6.30. The molecule has 0 radical (unpaired) electrons. The first-order chi connectivity index (χ1) is 9.90. The van der Waals surface area contributed by atoms with Gasteiger partial charge in [0.2, 0.25) is 0 Å². The Hall–Kier alpha value is -1.87. The van der Waals surface area contributed by atoms with E-state index in [2.05, 4.69) is 0 Å². The van der Waals surface area contributed by atoms with Gasteiger partial charge < -0.3 is 4.90 Å². The average Bonchev–Trinajstić information content (AvgIpc) is 2.45. The summed E-state index contributed by atoms with van der Waals surface area (Å²) in [5, 5.41) is 0.665. The van der Waals surface area contributed by atoms with Gasteiger partial charge in [-0.2, -0.15) is 0 Å². The molecule has 2 aromatic carbocycles. The van der Waals surface area contributed by atoms with Crippen molar-refractivity contribution in [3.05, 3.63) is 64.4 Å². The van der Waals surface area contributed by atoms with E-state index in [1.807, 2.05) is 43.1 Å². The first-order valence-corrected chi connectivity index (χ1v) is 7.06. The van der Waals surface area contributed by atoms with E-state index < -0.39 is 5.82 Å². The molecule has 1 unspecified atom stereocenters. The Bertz CT molecular complexity index is 672. The second-order valence-electron chi connectivity index (χ2n) is 5.06. The minimum absolute atomic E-state index is 0.00672. The van der Waals surface area contributed by atoms with Gasteiger partial charge in [0.05, 0.1) is 6.04 Å². The molecular weight excluding hydrogens is 289 g/mol. The molecule has 0 aliphatic rings. The van der Waals surface area contributed by atoms with Crippen molar-refractivity contribution in [2.45, 2.75) is 19.9 Å². The molecule has 0 fully saturated rings. The maximum atomic E-state index is 13.4. The molecule has 21 heavy (non-hydrogen) atoms. The number of ketones is 1. The number of hydrogen-bond donors (Lipinski definition) is 0. The molecule has 0 bridgehead atoms. The van der Waals surface area contributed by atoms with Crippen LogP contribution in [0.15, 0.2) is 42.5 Å². The van der Waals surface area contributed by atoms with E-state index in [-0.39, 0.29) is 11.8 Å². The number of halogens is 2. The summed E-state index contributed by atoms with van der Waals surface area (Å²) in [4.78, 5) is 13.7. The number of Topliss-reactive ketones (excluding diaryl/α,β-unsaturated/α-hetero) is 1. The van der Waals surface area contributed by atoms with Crippen molar-refractivity contribution in [3.8, 4) is 0 Å². The third-order valence-corrected chi connectivity index (χ3v) is 3.87. The van der Waals surface area contributed by atoms with Crippen molar-refractivity contribution in [3.63, 3.8) is 0 Å². The van der Waals surface area contributed by atoms with Gasteiger partial charge in [0.15, 0.2) is 5.78 Å². The van der Waals surface area contributed by atoms with Crippen LogP contribution in [-0.4, -0.2) is 12.8 Å². The predicted octanol–water partition coefficient (Wildman–Crippen LogP) is 4.88. The normalized spacial score (nSPS) is 12.0. The van der Waals surface area contributed by atoms with Crippen molar-refractivity contribution in [2.75, 3.05) is 11.9 Å². The van der Waals surface area contributed by atoms with Crippen LogP contribution in [0.5, 0.6) is 0 Å². The highest BCUT2D eigenvalue weighted by atomic mass is 35.5. The Morgan fingerprint density at radius 1 is 1.24 bits per heavy atom. The lowest BCUT2D eigenvalue weighted by Crippen LogP contribution is -2.23. The zero-order chi connectivity index (χ0) is 15.6. The van der Waals surface area contributed by atoms with Gasteiger partial charge in [0, 0.05) is 23.3 Å². The van der Waals surface area contributed by atoms with E-state index in [0.29, 0.717) is 16.3 Å². The lowest BCUT2D eigenvalue weighted by Gasteiger charge is -2.29. The van der Waals surface area contributed by atoms with Crippen LogP contribution in [0.1, 0.15) is 35.8 Å². The van der Waals surface area contributed by atoms with Crippen LogP contribution in [0.2, 0.25) is 5.02 Å². The first kappa shape index (κ1) is 15.5. The van der Waals surface area contributed by atoms with E-state index >= 15 is 0 Å². The van der Waals surface area contributed by atoms with E-state index in [4.69, 9.17) is 11.6 Å². The first-order valence-electron chi connectivity index (χ1n) is 6.69. The maximum absolute atomic E-state index is 13.4. The molecule has 0 amide bonds. The van der Waals surface area contributed by atoms with Gasteiger partial charge in [-0.15, -0.1) is 0 Å². The molecular formula is C17H17ClFNO. The van der Waals surface area contributed by atoms with Gasteiger partial charge in [-0.25, -0.2) is 4.39 Å². The van der Waals surface area contributed by atoms with Crippen LogP contribution in [0.25, 0.3) is 0 Å². The van der Waals surface area contributed by atoms with Crippen LogP contribution in [0.4, 0.5) is 10.1 Å². The fourth-order valence-electron chi connectivity index (χ4n) is 2.30. The summed E-state index contributed by atoms with van der Waals surface area (Å²) in [5.74, 6) is -0.567. The lowest BCUT2D eigenvalue weighted by atomic mass is 10.0. The van der Waals surface area contributed by atoms with Crippen molar-refractivity contribution >= 4 is 23.1 Å². The minimum atomic E-state index is -0.409. The number of nitrogens with zero attached hydrogens (tertiary/aromatic N) is 1. The molecule has 0 saturated heterocycles. The van der Waals surface area contributed by atoms with E-state index in [1.54, 1.807) is 6.07 Å². The molecule has 0 heterocycles. The predicted molar refractivity (Wildman–Crippen MR) is 84.7 cm³/mol. The summed E-state index contributed by atoms with van der Waals surface area (Å²) in [6, 6.07) is 11.8. The Labute approximate surface area is 129 Å². The number of carbonyl (C=O) groups is 1. The molecule has 110 valence electrons. The molecule has 0 saturated carbocycles. The Morgan fingerprint density at radius 3 is 2.57 bits per heavy atom. The molecule has 2 nitrogen and oxygen atoms in total. The maximum Gasteiger partial charge on any atom is 0.161 e. The monoisotopic (exact) mass is 305 g/mol. The summed E-state index contributed by atoms with van der Waals surface area (Å²) >= 11 is 6.02. The quantitative estimate of drug-likeness (QED) is 0.750. The summed E-state index contributed by atoms with van der Waals surface area (Å²) in [7, 11) is 1.88. The largest absolute Gasteiger partial charge is 0.367 e. The Kier molecular flexibility index (Phi) is 4.63. The van der Waals surface area contributed by atoms with Crippen molar-refractivity contribution in [1.82, 2.24) is 0 Å². The lowest BCUT2D eigenvalue weighted by molar-refractivity contribution is 0.101. The molecule has 1 atom stereocenters. The summed E-state index contributed by atoms with van der Waals surface area (Å²) in [6.07, 6.45) is 0. The van der Waals surface area contributed by atoms with E-state index in [0.717, 1.165) is 5.56 Å². The van der Waals surface area contributed by atoms with Gasteiger partial charge in [0.1, 0.15) is 5.82 Å². The molecule has 0 aliphatic carbocycles. The SMILES string of the molecule is CC(=O)c1cc(F)ccc1N(C)C(C)c1cccc(Cl)c1. The van der Waals surface area contributed by atoms with Crippen molar-refractivity contribution < 1.29 is 9.18 Å². The molecule has 0 N–H and O–H groups in total. The molecule has 0 aromatic heterocycles. The van der Waals surface area contributed by atoms with E-state index in [9.17, 15) is 9.18 Å². The zero-order valence-electron chi connectivity index (χ0n) is 12.2. The highest BCUT2D eigenvalue weighted by Crippen LogP contribution is 2.30. The Morgan fingerprint density at radius 2 is 1.95 bits per heavy atom. The zero-order valence-corrected chi connectivity index (χ0v) is 13.0. The fourth-order valence-corrected chi connectivity index (χ4v) is 2.50. The highest BCUT2D eigenvalue weighted by Gasteiger charge is 2.18. The third kappa shape index (κ3) is 3.42. The molecule has 2 aromatic rings. The number of benzene rings is 2.